The molecule has 0 aliphatic carbocycles. The maximum absolute atomic E-state index is 2.33. The number of hydrogen-bond donors (Lipinski definition) is 0. The second-order valence-electron chi connectivity index (χ2n) is 5.26. The molecule has 0 spiro atoms. The van der Waals surface area contributed by atoms with Crippen LogP contribution in [-0.2, 0) is 0 Å². The SMILES string of the molecule is CCCCCC/C(=C/c1ccccc1)c1ccccc1. The lowest BCUT2D eigenvalue weighted by atomic mass is 9.97. The van der Waals surface area contributed by atoms with Crippen molar-refractivity contribution in [3.63, 3.8) is 0 Å². The summed E-state index contributed by atoms with van der Waals surface area (Å²) in [7, 11) is 0. The number of allylic oxidation sites excluding steroid dienone is 1. The Morgan fingerprint density at radius 2 is 1.45 bits per heavy atom. The molecule has 20 heavy (non-hydrogen) atoms. The molecule has 0 N–H and O–H groups in total. The van der Waals surface area contributed by atoms with Crippen molar-refractivity contribution in [2.45, 2.75) is 39.0 Å². The summed E-state index contributed by atoms with van der Waals surface area (Å²) in [6.45, 7) is 2.26. The number of rotatable bonds is 7. The van der Waals surface area contributed by atoms with Gasteiger partial charge in [-0.1, -0.05) is 92.9 Å². The molecule has 2 aromatic rings. The van der Waals surface area contributed by atoms with E-state index in [1.54, 1.807) is 0 Å². The maximum atomic E-state index is 2.33. The van der Waals surface area contributed by atoms with Crippen LogP contribution in [0.2, 0.25) is 0 Å². The van der Waals surface area contributed by atoms with Crippen LogP contribution in [0.4, 0.5) is 0 Å². The average Bonchev–Trinajstić information content (AvgIpc) is 2.52. The van der Waals surface area contributed by atoms with Gasteiger partial charge >= 0.3 is 0 Å². The first-order valence-corrected chi connectivity index (χ1v) is 7.71. The molecular formula is C20H24. The van der Waals surface area contributed by atoms with Gasteiger partial charge in [-0.2, -0.15) is 0 Å². The molecule has 0 radical (unpaired) electrons. The summed E-state index contributed by atoms with van der Waals surface area (Å²) < 4.78 is 0. The number of benzene rings is 2. The summed E-state index contributed by atoms with van der Waals surface area (Å²) in [5.74, 6) is 0. The molecule has 0 nitrogen and oxygen atoms in total. The summed E-state index contributed by atoms with van der Waals surface area (Å²) in [4.78, 5) is 0. The average molecular weight is 264 g/mol. The van der Waals surface area contributed by atoms with Gasteiger partial charge in [0, 0.05) is 0 Å². The molecule has 0 unspecified atom stereocenters. The van der Waals surface area contributed by atoms with Crippen LogP contribution >= 0.6 is 0 Å². The van der Waals surface area contributed by atoms with Gasteiger partial charge in [-0.25, -0.2) is 0 Å². The minimum absolute atomic E-state index is 1.17. The van der Waals surface area contributed by atoms with Crippen molar-refractivity contribution in [3.8, 4) is 0 Å². The molecule has 0 atom stereocenters. The highest BCUT2D eigenvalue weighted by atomic mass is 14.1. The molecule has 0 aromatic heterocycles. The Kier molecular flexibility index (Phi) is 6.10. The lowest BCUT2D eigenvalue weighted by molar-refractivity contribution is 0.679. The first-order chi connectivity index (χ1) is 9.90. The lowest BCUT2D eigenvalue weighted by Crippen LogP contribution is -1.86. The fourth-order valence-electron chi connectivity index (χ4n) is 2.44. The first kappa shape index (κ1) is 14.6. The smallest absolute Gasteiger partial charge is 0.0224 e. The molecule has 104 valence electrons. The van der Waals surface area contributed by atoms with Crippen molar-refractivity contribution in [1.82, 2.24) is 0 Å². The zero-order chi connectivity index (χ0) is 14.0. The zero-order valence-electron chi connectivity index (χ0n) is 12.4. The molecule has 0 aliphatic rings. The van der Waals surface area contributed by atoms with Crippen LogP contribution in [0.5, 0.6) is 0 Å². The van der Waals surface area contributed by atoms with Gasteiger partial charge in [0.2, 0.25) is 0 Å². The fourth-order valence-corrected chi connectivity index (χ4v) is 2.44. The van der Waals surface area contributed by atoms with Crippen LogP contribution in [0.3, 0.4) is 0 Å². The van der Waals surface area contributed by atoms with E-state index in [0.29, 0.717) is 0 Å². The Bertz CT molecular complexity index is 508. The molecular weight excluding hydrogens is 240 g/mol. The van der Waals surface area contributed by atoms with Gasteiger partial charge in [0.25, 0.3) is 0 Å². The van der Waals surface area contributed by atoms with E-state index in [1.807, 2.05) is 0 Å². The van der Waals surface area contributed by atoms with E-state index in [9.17, 15) is 0 Å². The quantitative estimate of drug-likeness (QED) is 0.412. The largest absolute Gasteiger partial charge is 0.0654 e. The molecule has 0 amide bonds. The van der Waals surface area contributed by atoms with Gasteiger partial charge < -0.3 is 0 Å². The van der Waals surface area contributed by atoms with E-state index < -0.39 is 0 Å². The summed E-state index contributed by atoms with van der Waals surface area (Å²) in [6.07, 6.45) is 8.74. The standard InChI is InChI=1S/C20H24/c1-2-3-4-9-16-20(19-14-10-6-11-15-19)17-18-12-7-5-8-13-18/h5-8,10-15,17H,2-4,9,16H2,1H3/b20-17-. The fraction of sp³-hybridized carbons (Fsp3) is 0.300. The molecule has 0 bridgehead atoms. The highest BCUT2D eigenvalue weighted by Crippen LogP contribution is 2.24. The Morgan fingerprint density at radius 1 is 0.800 bits per heavy atom. The predicted molar refractivity (Wildman–Crippen MR) is 89.5 cm³/mol. The summed E-state index contributed by atoms with van der Waals surface area (Å²) in [6, 6.07) is 21.4. The van der Waals surface area contributed by atoms with E-state index in [1.165, 1.54) is 48.8 Å². The predicted octanol–water partition coefficient (Wildman–Crippen LogP) is 6.20. The highest BCUT2D eigenvalue weighted by molar-refractivity contribution is 5.81. The molecule has 2 rings (SSSR count). The van der Waals surface area contributed by atoms with E-state index in [0.717, 1.165) is 0 Å². The van der Waals surface area contributed by atoms with Crippen LogP contribution in [0.15, 0.2) is 60.7 Å². The topological polar surface area (TPSA) is 0 Å². The van der Waals surface area contributed by atoms with E-state index in [-0.39, 0.29) is 0 Å². The van der Waals surface area contributed by atoms with E-state index >= 15 is 0 Å². The van der Waals surface area contributed by atoms with Crippen molar-refractivity contribution >= 4 is 11.6 Å². The Hall–Kier alpha value is -1.82. The first-order valence-electron chi connectivity index (χ1n) is 7.71. The monoisotopic (exact) mass is 264 g/mol. The lowest BCUT2D eigenvalue weighted by Gasteiger charge is -2.08. The van der Waals surface area contributed by atoms with Crippen LogP contribution in [-0.4, -0.2) is 0 Å². The molecule has 0 saturated carbocycles. The van der Waals surface area contributed by atoms with Gasteiger partial charge in [-0.05, 0) is 29.5 Å². The van der Waals surface area contributed by atoms with Crippen LogP contribution in [0, 0.1) is 0 Å². The van der Waals surface area contributed by atoms with Crippen LogP contribution in [0.1, 0.15) is 50.2 Å². The second-order valence-corrected chi connectivity index (χ2v) is 5.26. The Morgan fingerprint density at radius 3 is 2.10 bits per heavy atom. The highest BCUT2D eigenvalue weighted by Gasteiger charge is 2.01. The summed E-state index contributed by atoms with van der Waals surface area (Å²) >= 11 is 0. The van der Waals surface area contributed by atoms with Gasteiger partial charge in [-0.15, -0.1) is 0 Å². The maximum Gasteiger partial charge on any atom is -0.0224 e. The van der Waals surface area contributed by atoms with Gasteiger partial charge in [-0.3, -0.25) is 0 Å². The third-order valence-corrected chi connectivity index (χ3v) is 3.58. The molecule has 0 fully saturated rings. The number of unbranched alkanes of at least 4 members (excludes halogenated alkanes) is 3. The van der Waals surface area contributed by atoms with E-state index in [2.05, 4.69) is 73.7 Å². The minimum atomic E-state index is 1.17. The Labute approximate surface area is 123 Å². The third kappa shape index (κ3) is 4.70. The van der Waals surface area contributed by atoms with Crippen LogP contribution in [0.25, 0.3) is 11.6 Å². The molecule has 0 heterocycles. The van der Waals surface area contributed by atoms with Gasteiger partial charge in [0.15, 0.2) is 0 Å². The van der Waals surface area contributed by atoms with Crippen molar-refractivity contribution < 1.29 is 0 Å². The van der Waals surface area contributed by atoms with Crippen molar-refractivity contribution in [1.29, 1.82) is 0 Å². The molecule has 0 aliphatic heterocycles. The third-order valence-electron chi connectivity index (χ3n) is 3.58. The summed E-state index contributed by atoms with van der Waals surface area (Å²) in [5.41, 5.74) is 4.10. The second kappa shape index (κ2) is 8.37. The van der Waals surface area contributed by atoms with Gasteiger partial charge in [0.1, 0.15) is 0 Å². The van der Waals surface area contributed by atoms with Crippen LogP contribution < -0.4 is 0 Å². The van der Waals surface area contributed by atoms with E-state index in [4.69, 9.17) is 0 Å². The zero-order valence-corrected chi connectivity index (χ0v) is 12.4. The molecule has 0 saturated heterocycles. The van der Waals surface area contributed by atoms with Crippen molar-refractivity contribution in [2.24, 2.45) is 0 Å². The summed E-state index contributed by atoms with van der Waals surface area (Å²) in [5, 5.41) is 0. The van der Waals surface area contributed by atoms with Gasteiger partial charge in [0.05, 0.1) is 0 Å². The minimum Gasteiger partial charge on any atom is -0.0654 e. The van der Waals surface area contributed by atoms with Crippen molar-refractivity contribution in [2.75, 3.05) is 0 Å². The Balaban J connectivity index is 2.14. The molecule has 0 heteroatoms. The normalized spacial score (nSPS) is 11.6. The number of hydrogen-bond acceptors (Lipinski definition) is 0. The van der Waals surface area contributed by atoms with Crippen molar-refractivity contribution in [3.05, 3.63) is 71.8 Å². The molecule has 2 aromatic carbocycles.